The minimum atomic E-state index is -0.715. The van der Waals surface area contributed by atoms with Crippen molar-refractivity contribution in [2.45, 2.75) is 17.3 Å². The molecule has 0 fully saturated rings. The van der Waals surface area contributed by atoms with Crippen LogP contribution in [0.3, 0.4) is 0 Å². The molecule has 0 radical (unpaired) electrons. The average molecular weight is 184 g/mol. The molecule has 0 saturated carbocycles. The topological polar surface area (TPSA) is 40.5 Å². The number of thioether (sulfide) groups is 1. The van der Waals surface area contributed by atoms with Gasteiger partial charge in [-0.05, 0) is 19.1 Å². The van der Waals surface area contributed by atoms with Gasteiger partial charge in [0.15, 0.2) is 0 Å². The molecule has 0 bridgehead atoms. The lowest BCUT2D eigenvalue weighted by atomic mass is 10.2. The third-order valence-electron chi connectivity index (χ3n) is 1.45. The molecule has 1 atom stereocenters. The molecule has 2 N–H and O–H groups in total. The van der Waals surface area contributed by atoms with Gasteiger partial charge in [0.2, 0.25) is 0 Å². The Morgan fingerprint density at radius 3 is 2.42 bits per heavy atom. The van der Waals surface area contributed by atoms with Crippen molar-refractivity contribution in [3.8, 4) is 0 Å². The Balaban J connectivity index is 2.58. The molecule has 1 aromatic rings. The number of benzene rings is 1. The molecule has 66 valence electrons. The normalized spacial score (nSPS) is 12.9. The summed E-state index contributed by atoms with van der Waals surface area (Å²) < 4.78 is 0. The van der Waals surface area contributed by atoms with Crippen molar-refractivity contribution in [3.63, 3.8) is 0 Å². The molecule has 2 nitrogen and oxygen atoms in total. The fourth-order valence-corrected chi connectivity index (χ4v) is 1.49. The lowest BCUT2D eigenvalue weighted by Crippen LogP contribution is -2.05. The molecule has 0 heterocycles. The minimum Gasteiger partial charge on any atom is -0.393 e. The van der Waals surface area contributed by atoms with E-state index in [2.05, 4.69) is 0 Å². The first-order valence-corrected chi connectivity index (χ1v) is 4.62. The van der Waals surface area contributed by atoms with E-state index in [0.29, 0.717) is 0 Å². The van der Waals surface area contributed by atoms with Crippen LogP contribution in [0, 0.1) is 6.92 Å². The fourth-order valence-electron chi connectivity index (χ4n) is 0.811. The maximum Gasteiger partial charge on any atom is 0.127 e. The van der Waals surface area contributed by atoms with Crippen molar-refractivity contribution >= 4 is 11.8 Å². The van der Waals surface area contributed by atoms with Crippen molar-refractivity contribution in [2.75, 3.05) is 6.61 Å². The van der Waals surface area contributed by atoms with Crippen LogP contribution in [0.1, 0.15) is 5.56 Å². The molecule has 0 aliphatic heterocycles. The summed E-state index contributed by atoms with van der Waals surface area (Å²) in [6.07, 6.45) is 0. The fraction of sp³-hybridized carbons (Fsp3) is 0.333. The van der Waals surface area contributed by atoms with E-state index in [4.69, 9.17) is 10.2 Å². The molecule has 0 aromatic heterocycles. The Morgan fingerprint density at radius 1 is 1.33 bits per heavy atom. The van der Waals surface area contributed by atoms with Crippen LogP contribution in [-0.4, -0.2) is 22.3 Å². The second kappa shape index (κ2) is 4.50. The highest BCUT2D eigenvalue weighted by Crippen LogP contribution is 2.21. The summed E-state index contributed by atoms with van der Waals surface area (Å²) in [5.41, 5.74) is 0.477. The first kappa shape index (κ1) is 9.58. The molecule has 1 aromatic carbocycles. The van der Waals surface area contributed by atoms with Gasteiger partial charge in [-0.25, -0.2) is 0 Å². The Morgan fingerprint density at radius 2 is 1.92 bits per heavy atom. The standard InChI is InChI=1S/C9H12O2S/c1-7-2-4-8(5-3-7)12-9(11)6-10/h2-5,9-11H,6H2,1H3. The van der Waals surface area contributed by atoms with E-state index in [-0.39, 0.29) is 6.61 Å². The predicted octanol–water partition coefficient (Wildman–Crippen LogP) is 1.40. The van der Waals surface area contributed by atoms with Crippen LogP contribution >= 0.6 is 11.8 Å². The summed E-state index contributed by atoms with van der Waals surface area (Å²) in [6, 6.07) is 7.82. The van der Waals surface area contributed by atoms with Crippen LogP contribution in [0.15, 0.2) is 29.2 Å². The van der Waals surface area contributed by atoms with Crippen LogP contribution in [0.25, 0.3) is 0 Å². The zero-order valence-electron chi connectivity index (χ0n) is 6.90. The van der Waals surface area contributed by atoms with E-state index in [1.54, 1.807) is 0 Å². The largest absolute Gasteiger partial charge is 0.393 e. The molecule has 0 saturated heterocycles. The van der Waals surface area contributed by atoms with Gasteiger partial charge in [0.1, 0.15) is 5.44 Å². The van der Waals surface area contributed by atoms with E-state index < -0.39 is 5.44 Å². The average Bonchev–Trinajstić information content (AvgIpc) is 2.09. The third kappa shape index (κ3) is 2.85. The van der Waals surface area contributed by atoms with Crippen molar-refractivity contribution in [3.05, 3.63) is 29.8 Å². The predicted molar refractivity (Wildman–Crippen MR) is 50.1 cm³/mol. The Hall–Kier alpha value is -0.510. The van der Waals surface area contributed by atoms with Gasteiger partial charge in [0.25, 0.3) is 0 Å². The molecule has 12 heavy (non-hydrogen) atoms. The third-order valence-corrected chi connectivity index (χ3v) is 2.41. The molecule has 0 amide bonds. The molecule has 3 heteroatoms. The summed E-state index contributed by atoms with van der Waals surface area (Å²) in [5.74, 6) is 0. The summed E-state index contributed by atoms with van der Waals surface area (Å²) in [4.78, 5) is 0.974. The number of aliphatic hydroxyl groups excluding tert-OH is 2. The van der Waals surface area contributed by atoms with Gasteiger partial charge in [-0.3, -0.25) is 0 Å². The smallest absolute Gasteiger partial charge is 0.127 e. The van der Waals surface area contributed by atoms with Gasteiger partial charge in [-0.1, -0.05) is 29.5 Å². The highest BCUT2D eigenvalue weighted by atomic mass is 32.2. The van der Waals surface area contributed by atoms with Crippen molar-refractivity contribution < 1.29 is 10.2 Å². The number of hydrogen-bond acceptors (Lipinski definition) is 3. The molecule has 0 aliphatic carbocycles. The molecular formula is C9H12O2S. The molecule has 0 aliphatic rings. The monoisotopic (exact) mass is 184 g/mol. The zero-order valence-corrected chi connectivity index (χ0v) is 7.71. The van der Waals surface area contributed by atoms with E-state index in [1.165, 1.54) is 17.3 Å². The van der Waals surface area contributed by atoms with Gasteiger partial charge < -0.3 is 10.2 Å². The molecule has 0 spiro atoms. The quantitative estimate of drug-likeness (QED) is 0.551. The first-order valence-electron chi connectivity index (χ1n) is 3.74. The number of rotatable bonds is 3. The van der Waals surface area contributed by atoms with E-state index in [9.17, 15) is 0 Å². The summed E-state index contributed by atoms with van der Waals surface area (Å²) in [5, 5.41) is 17.7. The van der Waals surface area contributed by atoms with Gasteiger partial charge >= 0.3 is 0 Å². The van der Waals surface area contributed by atoms with Gasteiger partial charge in [-0.2, -0.15) is 0 Å². The van der Waals surface area contributed by atoms with E-state index in [1.807, 2.05) is 31.2 Å². The van der Waals surface area contributed by atoms with Crippen LogP contribution in [0.2, 0.25) is 0 Å². The summed E-state index contributed by atoms with van der Waals surface area (Å²) in [6.45, 7) is 1.80. The SMILES string of the molecule is Cc1ccc(SC(O)CO)cc1. The summed E-state index contributed by atoms with van der Waals surface area (Å²) >= 11 is 1.26. The first-order chi connectivity index (χ1) is 5.72. The zero-order chi connectivity index (χ0) is 8.97. The highest BCUT2D eigenvalue weighted by Gasteiger charge is 2.02. The van der Waals surface area contributed by atoms with E-state index >= 15 is 0 Å². The van der Waals surface area contributed by atoms with Gasteiger partial charge in [0.05, 0.1) is 6.61 Å². The number of aliphatic hydroxyl groups is 2. The van der Waals surface area contributed by atoms with Gasteiger partial charge in [-0.15, -0.1) is 0 Å². The van der Waals surface area contributed by atoms with Crippen LogP contribution in [0.5, 0.6) is 0 Å². The number of hydrogen-bond donors (Lipinski definition) is 2. The van der Waals surface area contributed by atoms with Crippen molar-refractivity contribution in [2.24, 2.45) is 0 Å². The van der Waals surface area contributed by atoms with E-state index in [0.717, 1.165) is 4.90 Å². The van der Waals surface area contributed by atoms with Crippen LogP contribution in [-0.2, 0) is 0 Å². The van der Waals surface area contributed by atoms with Crippen LogP contribution < -0.4 is 0 Å². The van der Waals surface area contributed by atoms with Crippen LogP contribution in [0.4, 0.5) is 0 Å². The number of aryl methyl sites for hydroxylation is 1. The lowest BCUT2D eigenvalue weighted by Gasteiger charge is -2.05. The molecule has 1 unspecified atom stereocenters. The molecular weight excluding hydrogens is 172 g/mol. The van der Waals surface area contributed by atoms with Gasteiger partial charge in [0, 0.05) is 4.90 Å². The Labute approximate surface area is 76.2 Å². The van der Waals surface area contributed by atoms with Crippen molar-refractivity contribution in [1.29, 1.82) is 0 Å². The minimum absolute atomic E-state index is 0.210. The second-order valence-electron chi connectivity index (χ2n) is 2.57. The summed E-state index contributed by atoms with van der Waals surface area (Å²) in [7, 11) is 0. The van der Waals surface area contributed by atoms with Crippen molar-refractivity contribution in [1.82, 2.24) is 0 Å². The Bertz CT molecular complexity index is 233. The lowest BCUT2D eigenvalue weighted by molar-refractivity contribution is 0.160. The Kier molecular flexibility index (Phi) is 3.59. The maximum atomic E-state index is 9.09. The molecule has 1 rings (SSSR count). The second-order valence-corrected chi connectivity index (χ2v) is 3.82. The maximum absolute atomic E-state index is 9.09. The highest BCUT2D eigenvalue weighted by molar-refractivity contribution is 7.99.